The number of Topliss-reactive ketones (excluding diaryl/α,β-unsaturated/α-hetero) is 1. The Labute approximate surface area is 143 Å². The predicted molar refractivity (Wildman–Crippen MR) is 83.2 cm³/mol. The third-order valence-electron chi connectivity index (χ3n) is 5.28. The first-order valence-corrected chi connectivity index (χ1v) is 9.81. The summed E-state index contributed by atoms with van der Waals surface area (Å²) in [5.41, 5.74) is -1.18. The molecule has 2 aliphatic rings. The molecule has 2 saturated heterocycles. The van der Waals surface area contributed by atoms with Gasteiger partial charge >= 0.3 is 6.18 Å². The fourth-order valence-corrected chi connectivity index (χ4v) is 6.41. The molecule has 0 aromatic heterocycles. The summed E-state index contributed by atoms with van der Waals surface area (Å²) in [6.45, 7) is 0. The van der Waals surface area contributed by atoms with Gasteiger partial charge in [0.05, 0.1) is 16.1 Å². The molecule has 0 saturated carbocycles. The molecule has 2 unspecified atom stereocenters. The van der Waals surface area contributed by atoms with E-state index in [4.69, 9.17) is 0 Å². The quantitative estimate of drug-likeness (QED) is 0.754. The van der Waals surface area contributed by atoms with Gasteiger partial charge < -0.3 is 0 Å². The van der Waals surface area contributed by atoms with Gasteiger partial charge in [0.25, 0.3) is 0 Å². The van der Waals surface area contributed by atoms with Gasteiger partial charge in [-0.3, -0.25) is 4.79 Å². The summed E-state index contributed by atoms with van der Waals surface area (Å²) in [6, 6.07) is 2.13. The Morgan fingerprint density at radius 2 is 1.72 bits per heavy atom. The molecule has 1 aromatic rings. The Morgan fingerprint density at radius 1 is 1.12 bits per heavy atom. The van der Waals surface area contributed by atoms with Crippen LogP contribution in [0.3, 0.4) is 0 Å². The van der Waals surface area contributed by atoms with Crippen LogP contribution in [0.15, 0.2) is 18.2 Å². The van der Waals surface area contributed by atoms with E-state index in [-0.39, 0.29) is 30.6 Å². The molecular formula is C17H18F4O3S. The molecule has 0 radical (unpaired) electrons. The summed E-state index contributed by atoms with van der Waals surface area (Å²) in [6.07, 6.45) is -2.58. The van der Waals surface area contributed by atoms with Gasteiger partial charge in [0, 0.05) is 12.3 Å². The van der Waals surface area contributed by atoms with Crippen molar-refractivity contribution in [3.63, 3.8) is 0 Å². The molecule has 1 aromatic carbocycles. The van der Waals surface area contributed by atoms with Crippen molar-refractivity contribution in [3.8, 4) is 0 Å². The van der Waals surface area contributed by atoms with Crippen LogP contribution in [-0.2, 0) is 27.2 Å². The summed E-state index contributed by atoms with van der Waals surface area (Å²) in [5.74, 6) is -1.84. The molecule has 0 amide bonds. The predicted octanol–water partition coefficient (Wildman–Crippen LogP) is 3.70. The number of sulfone groups is 1. The van der Waals surface area contributed by atoms with E-state index in [0.717, 1.165) is 18.6 Å². The van der Waals surface area contributed by atoms with Crippen LogP contribution in [0.4, 0.5) is 17.6 Å². The Morgan fingerprint density at radius 3 is 2.24 bits per heavy atom. The number of rotatable bonds is 3. The lowest BCUT2D eigenvalue weighted by atomic mass is 9.84. The Bertz CT molecular complexity index is 766. The normalized spacial score (nSPS) is 28.6. The number of alkyl halides is 3. The average Bonchev–Trinajstić information content (AvgIpc) is 2.46. The molecule has 2 atom stereocenters. The van der Waals surface area contributed by atoms with Crippen LogP contribution in [0.25, 0.3) is 0 Å². The number of ketones is 1. The molecule has 25 heavy (non-hydrogen) atoms. The van der Waals surface area contributed by atoms with E-state index in [1.165, 1.54) is 0 Å². The second-order valence-corrected chi connectivity index (χ2v) is 9.39. The number of hydrogen-bond donors (Lipinski definition) is 0. The number of carbonyl (C=O) groups excluding carboxylic acids is 1. The molecule has 0 N–H and O–H groups in total. The van der Waals surface area contributed by atoms with Crippen LogP contribution in [0.2, 0.25) is 0 Å². The van der Waals surface area contributed by atoms with Crippen molar-refractivity contribution in [1.82, 2.24) is 0 Å². The molecule has 2 fully saturated rings. The largest absolute Gasteiger partial charge is 0.416 e. The first-order chi connectivity index (χ1) is 11.6. The van der Waals surface area contributed by atoms with Crippen molar-refractivity contribution in [1.29, 1.82) is 0 Å². The van der Waals surface area contributed by atoms with Gasteiger partial charge in [-0.1, -0.05) is 12.5 Å². The fourth-order valence-electron chi connectivity index (χ4n) is 3.87. The molecule has 2 heterocycles. The first kappa shape index (κ1) is 18.4. The number of fused-ring (bicyclic) bond motifs is 2. The molecule has 2 aliphatic heterocycles. The van der Waals surface area contributed by atoms with Crippen LogP contribution < -0.4 is 0 Å². The zero-order chi connectivity index (χ0) is 18.4. The van der Waals surface area contributed by atoms with Crippen LogP contribution in [0.5, 0.6) is 0 Å². The van der Waals surface area contributed by atoms with Gasteiger partial charge in [-0.05, 0) is 43.4 Å². The van der Waals surface area contributed by atoms with Crippen LogP contribution in [-0.4, -0.2) is 24.7 Å². The summed E-state index contributed by atoms with van der Waals surface area (Å²) >= 11 is 0. The zero-order valence-corrected chi connectivity index (χ0v) is 14.2. The van der Waals surface area contributed by atoms with Crippen LogP contribution in [0, 0.1) is 11.7 Å². The Kier molecular flexibility index (Phi) is 4.68. The summed E-state index contributed by atoms with van der Waals surface area (Å²) in [7, 11) is -3.19. The van der Waals surface area contributed by atoms with Gasteiger partial charge in [-0.2, -0.15) is 13.2 Å². The minimum absolute atomic E-state index is 0.0865. The topological polar surface area (TPSA) is 51.2 Å². The third-order valence-corrected chi connectivity index (χ3v) is 7.99. The summed E-state index contributed by atoms with van der Waals surface area (Å²) < 4.78 is 76.1. The van der Waals surface area contributed by atoms with Gasteiger partial charge in [0.1, 0.15) is 11.6 Å². The highest BCUT2D eigenvalue weighted by Crippen LogP contribution is 2.40. The second kappa shape index (κ2) is 6.37. The number of hydrogen-bond acceptors (Lipinski definition) is 3. The minimum Gasteiger partial charge on any atom is -0.299 e. The maximum Gasteiger partial charge on any atom is 0.416 e. The van der Waals surface area contributed by atoms with Crippen LogP contribution in [0.1, 0.15) is 43.2 Å². The number of carbonyl (C=O) groups is 1. The van der Waals surface area contributed by atoms with E-state index in [1.54, 1.807) is 0 Å². The zero-order valence-electron chi connectivity index (χ0n) is 13.4. The molecule has 2 bridgehead atoms. The smallest absolute Gasteiger partial charge is 0.299 e. The van der Waals surface area contributed by atoms with Gasteiger partial charge in [-0.25, -0.2) is 12.8 Å². The molecule has 8 heteroatoms. The number of halogens is 4. The fraction of sp³-hybridized carbons (Fsp3) is 0.588. The van der Waals surface area contributed by atoms with Crippen molar-refractivity contribution < 1.29 is 30.8 Å². The van der Waals surface area contributed by atoms with Gasteiger partial charge in [-0.15, -0.1) is 0 Å². The van der Waals surface area contributed by atoms with Crippen molar-refractivity contribution in [2.75, 3.05) is 0 Å². The highest BCUT2D eigenvalue weighted by Gasteiger charge is 2.45. The van der Waals surface area contributed by atoms with E-state index in [1.807, 2.05) is 0 Å². The van der Waals surface area contributed by atoms with E-state index >= 15 is 0 Å². The molecule has 138 valence electrons. The Hall–Kier alpha value is -1.44. The molecule has 0 spiro atoms. The summed E-state index contributed by atoms with van der Waals surface area (Å²) in [5, 5.41) is -1.04. The number of benzene rings is 1. The van der Waals surface area contributed by atoms with Crippen molar-refractivity contribution in [2.45, 2.75) is 55.2 Å². The Balaban J connectivity index is 1.73. The average molecular weight is 378 g/mol. The molecule has 0 aliphatic carbocycles. The maximum absolute atomic E-state index is 13.9. The van der Waals surface area contributed by atoms with E-state index in [9.17, 15) is 30.8 Å². The highest BCUT2D eigenvalue weighted by molar-refractivity contribution is 7.92. The van der Waals surface area contributed by atoms with E-state index in [2.05, 4.69) is 0 Å². The standard InChI is InChI=1S/C17H18F4O3S/c18-15-9-12(17(19,20)21)5-4-10(15)8-16(22)11-6-13-2-1-3-14(7-11)25(13,23)24/h4-5,9,11,13-14H,1-3,6-8H2. The molecule has 3 rings (SSSR count). The van der Waals surface area contributed by atoms with Gasteiger partial charge in [0.15, 0.2) is 9.84 Å². The van der Waals surface area contributed by atoms with Gasteiger partial charge in [0.2, 0.25) is 0 Å². The second-order valence-electron chi connectivity index (χ2n) is 6.88. The minimum atomic E-state index is -4.64. The highest BCUT2D eigenvalue weighted by atomic mass is 32.2. The monoisotopic (exact) mass is 378 g/mol. The lowest BCUT2D eigenvalue weighted by Crippen LogP contribution is -2.45. The SMILES string of the molecule is O=C(Cc1ccc(C(F)(F)F)cc1F)C1CC2CCCC(C1)S2(=O)=O. The van der Waals surface area contributed by atoms with Crippen molar-refractivity contribution in [2.24, 2.45) is 5.92 Å². The first-order valence-electron chi connectivity index (χ1n) is 8.20. The van der Waals surface area contributed by atoms with Crippen LogP contribution >= 0.6 is 0 Å². The molecular weight excluding hydrogens is 360 g/mol. The third kappa shape index (κ3) is 3.59. The van der Waals surface area contributed by atoms with Crippen molar-refractivity contribution in [3.05, 3.63) is 35.1 Å². The lowest BCUT2D eigenvalue weighted by molar-refractivity contribution is -0.137. The van der Waals surface area contributed by atoms with E-state index < -0.39 is 43.8 Å². The van der Waals surface area contributed by atoms with Crippen molar-refractivity contribution >= 4 is 15.6 Å². The summed E-state index contributed by atoms with van der Waals surface area (Å²) in [4.78, 5) is 12.5. The molecule has 3 nitrogen and oxygen atoms in total. The van der Waals surface area contributed by atoms with E-state index in [0.29, 0.717) is 18.9 Å². The maximum atomic E-state index is 13.9. The lowest BCUT2D eigenvalue weighted by Gasteiger charge is -2.38.